The number of fused-ring (bicyclic) bond motifs is 1. The van der Waals surface area contributed by atoms with E-state index < -0.39 is 0 Å². The number of carbonyl (C=O) groups excluding carboxylic acids is 1. The maximum absolute atomic E-state index is 13.3. The molecule has 0 saturated heterocycles. The highest BCUT2D eigenvalue weighted by Gasteiger charge is 2.26. The average molecular weight is 500 g/mol. The predicted molar refractivity (Wildman–Crippen MR) is 141 cm³/mol. The molecule has 2 aromatic heterocycles. The molecule has 4 aromatic rings. The number of hydrogen-bond donors (Lipinski definition) is 1. The SMILES string of the molecule is CCOc1ccc(-n2c(S[C@@H](C)C(=O)N[C@H]3CCCc4ccccc43)nnc2-c2ccncc2)cc1. The van der Waals surface area contributed by atoms with Gasteiger partial charge in [0.1, 0.15) is 5.75 Å². The highest BCUT2D eigenvalue weighted by atomic mass is 32.2. The van der Waals surface area contributed by atoms with Gasteiger partial charge in [0.25, 0.3) is 0 Å². The number of hydrogen-bond acceptors (Lipinski definition) is 6. The molecule has 0 fully saturated rings. The summed E-state index contributed by atoms with van der Waals surface area (Å²) in [6.45, 7) is 4.48. The Morgan fingerprint density at radius 2 is 1.89 bits per heavy atom. The Morgan fingerprint density at radius 1 is 1.11 bits per heavy atom. The van der Waals surface area contributed by atoms with E-state index >= 15 is 0 Å². The highest BCUT2D eigenvalue weighted by molar-refractivity contribution is 8.00. The van der Waals surface area contributed by atoms with Gasteiger partial charge < -0.3 is 10.1 Å². The molecular formula is C28H29N5O2S. The summed E-state index contributed by atoms with van der Waals surface area (Å²) >= 11 is 1.40. The first-order chi connectivity index (χ1) is 17.6. The molecule has 7 nitrogen and oxygen atoms in total. The molecule has 2 aromatic carbocycles. The third kappa shape index (κ3) is 5.14. The van der Waals surface area contributed by atoms with Crippen LogP contribution in [-0.2, 0) is 11.2 Å². The summed E-state index contributed by atoms with van der Waals surface area (Å²) in [5.74, 6) is 1.49. The standard InChI is InChI=1S/C28H29N5O2S/c1-3-35-23-13-11-22(12-14-23)33-26(21-15-17-29-18-16-21)31-32-28(33)36-19(2)27(34)30-25-10-6-8-20-7-4-5-9-24(20)25/h4-5,7,9,11-19,25H,3,6,8,10H2,1-2H3,(H,30,34)/t19-,25-/m0/s1. The maximum atomic E-state index is 13.3. The van der Waals surface area contributed by atoms with Crippen LogP contribution < -0.4 is 10.1 Å². The molecule has 0 bridgehead atoms. The van der Waals surface area contributed by atoms with Crippen molar-refractivity contribution in [2.24, 2.45) is 0 Å². The minimum Gasteiger partial charge on any atom is -0.494 e. The van der Waals surface area contributed by atoms with Gasteiger partial charge in [-0.1, -0.05) is 36.0 Å². The number of thioether (sulfide) groups is 1. The predicted octanol–water partition coefficient (Wildman–Crippen LogP) is 5.40. The number of carbonyl (C=O) groups is 1. The second kappa shape index (κ2) is 11.0. The first-order valence-corrected chi connectivity index (χ1v) is 13.2. The topological polar surface area (TPSA) is 81.9 Å². The molecule has 36 heavy (non-hydrogen) atoms. The van der Waals surface area contributed by atoms with Crippen molar-refractivity contribution in [3.05, 3.63) is 84.2 Å². The van der Waals surface area contributed by atoms with Crippen LogP contribution in [-0.4, -0.2) is 37.5 Å². The normalized spacial score (nSPS) is 15.7. The molecular weight excluding hydrogens is 470 g/mol. The molecule has 0 saturated carbocycles. The van der Waals surface area contributed by atoms with E-state index in [-0.39, 0.29) is 17.2 Å². The third-order valence-electron chi connectivity index (χ3n) is 6.32. The van der Waals surface area contributed by atoms with Gasteiger partial charge in [0.2, 0.25) is 5.91 Å². The molecule has 1 aliphatic rings. The van der Waals surface area contributed by atoms with E-state index in [4.69, 9.17) is 4.74 Å². The summed E-state index contributed by atoms with van der Waals surface area (Å²) in [4.78, 5) is 17.4. The van der Waals surface area contributed by atoms with Crippen molar-refractivity contribution in [3.8, 4) is 22.8 Å². The number of aryl methyl sites for hydroxylation is 1. The Kier molecular flexibility index (Phi) is 7.32. The molecule has 184 valence electrons. The molecule has 2 atom stereocenters. The van der Waals surface area contributed by atoms with E-state index in [9.17, 15) is 4.79 Å². The average Bonchev–Trinajstić information content (AvgIpc) is 3.33. The van der Waals surface area contributed by atoms with Crippen LogP contribution in [0.3, 0.4) is 0 Å². The monoisotopic (exact) mass is 499 g/mol. The Morgan fingerprint density at radius 3 is 2.67 bits per heavy atom. The lowest BCUT2D eigenvalue weighted by Gasteiger charge is -2.27. The number of rotatable bonds is 8. The smallest absolute Gasteiger partial charge is 0.233 e. The zero-order valence-electron chi connectivity index (χ0n) is 20.4. The Labute approximate surface area is 215 Å². The second-order valence-corrected chi connectivity index (χ2v) is 10.0. The largest absolute Gasteiger partial charge is 0.494 e. The second-order valence-electron chi connectivity index (χ2n) is 8.72. The summed E-state index contributed by atoms with van der Waals surface area (Å²) in [6, 6.07) is 20.1. The molecule has 0 radical (unpaired) electrons. The number of amides is 1. The number of pyridine rings is 1. The van der Waals surface area contributed by atoms with E-state index in [0.29, 0.717) is 17.6 Å². The summed E-state index contributed by atoms with van der Waals surface area (Å²) < 4.78 is 7.59. The van der Waals surface area contributed by atoms with Crippen molar-refractivity contribution in [3.63, 3.8) is 0 Å². The first kappa shape index (κ1) is 24.1. The number of benzene rings is 2. The highest BCUT2D eigenvalue weighted by Crippen LogP contribution is 2.33. The number of aromatic nitrogens is 4. The molecule has 8 heteroatoms. The van der Waals surface area contributed by atoms with E-state index in [2.05, 4.69) is 38.7 Å². The lowest BCUT2D eigenvalue weighted by Crippen LogP contribution is -2.36. The van der Waals surface area contributed by atoms with Gasteiger partial charge in [0.15, 0.2) is 11.0 Å². The van der Waals surface area contributed by atoms with Crippen LogP contribution in [0.5, 0.6) is 5.75 Å². The Bertz CT molecular complexity index is 1320. The van der Waals surface area contributed by atoms with Gasteiger partial charge in [-0.15, -0.1) is 10.2 Å². The summed E-state index contributed by atoms with van der Waals surface area (Å²) in [6.07, 6.45) is 6.56. The Balaban J connectivity index is 1.40. The van der Waals surface area contributed by atoms with Crippen LogP contribution in [0.25, 0.3) is 17.1 Å². The minimum atomic E-state index is -0.352. The number of nitrogens with one attached hydrogen (secondary N) is 1. The van der Waals surface area contributed by atoms with E-state index in [1.54, 1.807) is 12.4 Å². The maximum Gasteiger partial charge on any atom is 0.233 e. The lowest BCUT2D eigenvalue weighted by atomic mass is 9.88. The quantitative estimate of drug-likeness (QED) is 0.327. The minimum absolute atomic E-state index is 0.00610. The fourth-order valence-corrected chi connectivity index (χ4v) is 5.41. The third-order valence-corrected chi connectivity index (χ3v) is 7.36. The van der Waals surface area contributed by atoms with Crippen molar-refractivity contribution < 1.29 is 9.53 Å². The molecule has 0 unspecified atom stereocenters. The first-order valence-electron chi connectivity index (χ1n) is 12.3. The van der Waals surface area contributed by atoms with Crippen molar-refractivity contribution >= 4 is 17.7 Å². The molecule has 2 heterocycles. The number of ether oxygens (including phenoxy) is 1. The molecule has 5 rings (SSSR count). The number of nitrogens with zero attached hydrogens (tertiary/aromatic N) is 4. The zero-order chi connectivity index (χ0) is 24.9. The van der Waals surface area contributed by atoms with Crippen molar-refractivity contribution in [2.75, 3.05) is 6.61 Å². The zero-order valence-corrected chi connectivity index (χ0v) is 21.2. The van der Waals surface area contributed by atoms with Gasteiger partial charge in [-0.3, -0.25) is 14.3 Å². The molecule has 1 amide bonds. The molecule has 1 N–H and O–H groups in total. The fourth-order valence-electron chi connectivity index (χ4n) is 4.53. The van der Waals surface area contributed by atoms with Crippen LogP contribution in [0, 0.1) is 0 Å². The van der Waals surface area contributed by atoms with Crippen LogP contribution in [0.1, 0.15) is 43.9 Å². The molecule has 0 aliphatic heterocycles. The van der Waals surface area contributed by atoms with Gasteiger partial charge in [-0.2, -0.15) is 0 Å². The van der Waals surface area contributed by atoms with Crippen LogP contribution >= 0.6 is 11.8 Å². The summed E-state index contributed by atoms with van der Waals surface area (Å²) in [7, 11) is 0. The van der Waals surface area contributed by atoms with Crippen LogP contribution in [0.4, 0.5) is 0 Å². The van der Waals surface area contributed by atoms with Crippen molar-refractivity contribution in [1.82, 2.24) is 25.1 Å². The van der Waals surface area contributed by atoms with E-state index in [0.717, 1.165) is 36.3 Å². The molecule has 0 spiro atoms. The lowest BCUT2D eigenvalue weighted by molar-refractivity contribution is -0.121. The van der Waals surface area contributed by atoms with Crippen molar-refractivity contribution in [1.29, 1.82) is 0 Å². The van der Waals surface area contributed by atoms with Gasteiger partial charge >= 0.3 is 0 Å². The van der Waals surface area contributed by atoms with Gasteiger partial charge in [0.05, 0.1) is 17.9 Å². The van der Waals surface area contributed by atoms with E-state index in [1.165, 1.54) is 22.9 Å². The summed E-state index contributed by atoms with van der Waals surface area (Å²) in [5.41, 5.74) is 4.35. The van der Waals surface area contributed by atoms with Crippen LogP contribution in [0.15, 0.2) is 78.2 Å². The van der Waals surface area contributed by atoms with Crippen LogP contribution in [0.2, 0.25) is 0 Å². The Hall–Kier alpha value is -3.65. The van der Waals surface area contributed by atoms with Crippen molar-refractivity contribution in [2.45, 2.75) is 49.6 Å². The summed E-state index contributed by atoms with van der Waals surface area (Å²) in [5, 5.41) is 12.5. The van der Waals surface area contributed by atoms with E-state index in [1.807, 2.05) is 60.9 Å². The fraction of sp³-hybridized carbons (Fsp3) is 0.286. The van der Waals surface area contributed by atoms with Gasteiger partial charge in [-0.05, 0) is 80.6 Å². The van der Waals surface area contributed by atoms with Gasteiger partial charge in [0, 0.05) is 23.6 Å². The molecule has 1 aliphatic carbocycles. The van der Waals surface area contributed by atoms with Gasteiger partial charge in [-0.25, -0.2) is 0 Å².